The fourth-order valence-electron chi connectivity index (χ4n) is 5.35. The molecule has 0 spiro atoms. The molecular weight excluding hydrogens is 572 g/mol. The van der Waals surface area contributed by atoms with Crippen LogP contribution in [0.15, 0.2) is 91.3 Å². The Bertz CT molecular complexity index is 1810. The molecule has 3 amide bonds. The molecule has 0 aliphatic heterocycles. The van der Waals surface area contributed by atoms with Gasteiger partial charge in [-0.25, -0.2) is 0 Å². The van der Waals surface area contributed by atoms with Crippen LogP contribution in [-0.4, -0.2) is 62.9 Å². The number of hydrogen-bond donors (Lipinski definition) is 7. The number of carbonyl (C=O) groups is 4. The van der Waals surface area contributed by atoms with Crippen molar-refractivity contribution in [2.24, 2.45) is 5.73 Å². The smallest absolute Gasteiger partial charge is 0.325 e. The minimum atomic E-state index is -1.21. The number of benzene rings is 3. The first-order valence-corrected chi connectivity index (χ1v) is 14.7. The lowest BCUT2D eigenvalue weighted by Gasteiger charge is -2.25. The standard InChI is InChI=1S/C34H36N6O5/c1-20(34(44)45)38-32(42)30(17-23-19-37-28-14-8-6-12-25(23)28)40-33(43)29(15-21-9-3-2-4-10-21)39-31(41)26(35)16-22-18-36-27-13-7-5-11-24(22)27/h2-14,18-20,26,29-30,36-37H,15-17,35H2,1H3,(H,38,42)(H,39,41)(H,40,43)(H,44,45). The van der Waals surface area contributed by atoms with Crippen LogP contribution in [0.4, 0.5) is 0 Å². The molecule has 11 nitrogen and oxygen atoms in total. The van der Waals surface area contributed by atoms with Crippen molar-refractivity contribution in [3.05, 3.63) is 108 Å². The van der Waals surface area contributed by atoms with Gasteiger partial charge in [0, 0.05) is 47.0 Å². The van der Waals surface area contributed by atoms with Gasteiger partial charge in [-0.2, -0.15) is 0 Å². The predicted molar refractivity (Wildman–Crippen MR) is 171 cm³/mol. The van der Waals surface area contributed by atoms with Gasteiger partial charge in [0.05, 0.1) is 6.04 Å². The van der Waals surface area contributed by atoms with Crippen molar-refractivity contribution in [1.82, 2.24) is 25.9 Å². The number of nitrogens with two attached hydrogens (primary N) is 1. The van der Waals surface area contributed by atoms with E-state index in [4.69, 9.17) is 5.73 Å². The lowest BCUT2D eigenvalue weighted by molar-refractivity contribution is -0.141. The molecule has 0 bridgehead atoms. The van der Waals surface area contributed by atoms with Crippen molar-refractivity contribution in [2.75, 3.05) is 0 Å². The average molecular weight is 609 g/mol. The molecule has 0 aliphatic rings. The number of H-pyrrole nitrogens is 2. The van der Waals surface area contributed by atoms with Crippen molar-refractivity contribution < 1.29 is 24.3 Å². The summed E-state index contributed by atoms with van der Waals surface area (Å²) in [6.45, 7) is 1.35. The van der Waals surface area contributed by atoms with Crippen LogP contribution in [0.5, 0.6) is 0 Å². The Kier molecular flexibility index (Phi) is 9.59. The molecule has 8 N–H and O–H groups in total. The maximum atomic E-state index is 13.8. The molecule has 0 saturated heterocycles. The second kappa shape index (κ2) is 13.9. The maximum Gasteiger partial charge on any atom is 0.325 e. The van der Waals surface area contributed by atoms with Crippen molar-refractivity contribution in [3.8, 4) is 0 Å². The van der Waals surface area contributed by atoms with Crippen LogP contribution in [-0.2, 0) is 38.4 Å². The number of aromatic nitrogens is 2. The second-order valence-corrected chi connectivity index (χ2v) is 11.1. The number of aliphatic carboxylic acids is 1. The third-order valence-electron chi connectivity index (χ3n) is 7.83. The highest BCUT2D eigenvalue weighted by molar-refractivity contribution is 5.95. The number of fused-ring (bicyclic) bond motifs is 2. The topological polar surface area (TPSA) is 182 Å². The van der Waals surface area contributed by atoms with Gasteiger partial charge in [0.25, 0.3) is 0 Å². The second-order valence-electron chi connectivity index (χ2n) is 11.1. The first-order valence-electron chi connectivity index (χ1n) is 14.7. The molecule has 5 aromatic rings. The van der Waals surface area contributed by atoms with Gasteiger partial charge in [-0.05, 0) is 42.2 Å². The van der Waals surface area contributed by atoms with Crippen molar-refractivity contribution in [3.63, 3.8) is 0 Å². The molecule has 0 radical (unpaired) electrons. The van der Waals surface area contributed by atoms with Crippen LogP contribution in [0.1, 0.15) is 23.6 Å². The molecule has 5 rings (SSSR count). The van der Waals surface area contributed by atoms with Gasteiger partial charge in [-0.1, -0.05) is 66.7 Å². The molecule has 232 valence electrons. The number of carboxylic acid groups (broad SMARTS) is 1. The fourth-order valence-corrected chi connectivity index (χ4v) is 5.35. The predicted octanol–water partition coefficient (Wildman–Crippen LogP) is 2.56. The van der Waals surface area contributed by atoms with Crippen LogP contribution in [0.2, 0.25) is 0 Å². The minimum absolute atomic E-state index is 0.0833. The number of para-hydroxylation sites is 2. The zero-order valence-electron chi connectivity index (χ0n) is 24.7. The fraction of sp³-hybridized carbons (Fsp3) is 0.235. The van der Waals surface area contributed by atoms with E-state index in [1.165, 1.54) is 6.92 Å². The summed E-state index contributed by atoms with van der Waals surface area (Å²) in [6.07, 6.45) is 4.04. The van der Waals surface area contributed by atoms with Gasteiger partial charge < -0.3 is 36.8 Å². The molecular formula is C34H36N6O5. The highest BCUT2D eigenvalue weighted by Gasteiger charge is 2.30. The zero-order chi connectivity index (χ0) is 31.9. The van der Waals surface area contributed by atoms with Crippen molar-refractivity contribution in [2.45, 2.75) is 50.4 Å². The number of carbonyl (C=O) groups excluding carboxylic acids is 3. The molecule has 0 aliphatic carbocycles. The molecule has 4 atom stereocenters. The Hall–Kier alpha value is -5.42. The van der Waals surface area contributed by atoms with E-state index in [1.54, 1.807) is 6.20 Å². The summed E-state index contributed by atoms with van der Waals surface area (Å²) in [6, 6.07) is 20.1. The van der Waals surface area contributed by atoms with Crippen molar-refractivity contribution in [1.29, 1.82) is 0 Å². The van der Waals surface area contributed by atoms with E-state index >= 15 is 0 Å². The maximum absolute atomic E-state index is 13.8. The number of hydrogen-bond acceptors (Lipinski definition) is 5. The molecule has 45 heavy (non-hydrogen) atoms. The van der Waals surface area contributed by atoms with Crippen LogP contribution in [0.3, 0.4) is 0 Å². The zero-order valence-corrected chi connectivity index (χ0v) is 24.7. The van der Waals surface area contributed by atoms with E-state index in [-0.39, 0.29) is 19.3 Å². The lowest BCUT2D eigenvalue weighted by atomic mass is 10.0. The number of amides is 3. The van der Waals surface area contributed by atoms with E-state index in [1.807, 2.05) is 85.1 Å². The van der Waals surface area contributed by atoms with E-state index in [2.05, 4.69) is 25.9 Å². The quantitative estimate of drug-likeness (QED) is 0.108. The van der Waals surface area contributed by atoms with Crippen molar-refractivity contribution >= 4 is 45.5 Å². The van der Waals surface area contributed by atoms with Gasteiger partial charge >= 0.3 is 5.97 Å². The van der Waals surface area contributed by atoms with E-state index in [0.717, 1.165) is 38.5 Å². The van der Waals surface area contributed by atoms with Gasteiger partial charge in [0.15, 0.2) is 0 Å². The minimum Gasteiger partial charge on any atom is -0.480 e. The van der Waals surface area contributed by atoms with E-state index in [0.29, 0.717) is 0 Å². The number of nitrogens with one attached hydrogen (secondary N) is 5. The Morgan fingerprint density at radius 3 is 1.76 bits per heavy atom. The van der Waals surface area contributed by atoms with Crippen LogP contribution in [0.25, 0.3) is 21.8 Å². The normalized spacial score (nSPS) is 13.9. The molecule has 0 fully saturated rings. The number of rotatable bonds is 13. The summed E-state index contributed by atoms with van der Waals surface area (Å²) < 4.78 is 0. The molecule has 2 aromatic heterocycles. The lowest BCUT2D eigenvalue weighted by Crippen LogP contribution is -2.58. The molecule has 3 aromatic carbocycles. The first-order chi connectivity index (χ1) is 21.7. The Balaban J connectivity index is 1.36. The molecule has 11 heteroatoms. The van der Waals surface area contributed by atoms with Crippen LogP contribution >= 0.6 is 0 Å². The third-order valence-corrected chi connectivity index (χ3v) is 7.83. The summed E-state index contributed by atoms with van der Waals surface area (Å²) in [7, 11) is 0. The summed E-state index contributed by atoms with van der Waals surface area (Å²) in [5.41, 5.74) is 10.6. The summed E-state index contributed by atoms with van der Waals surface area (Å²) in [5, 5.41) is 19.2. The number of aromatic amines is 2. The average Bonchev–Trinajstić information content (AvgIpc) is 3.64. The van der Waals surface area contributed by atoms with E-state index < -0.39 is 47.9 Å². The van der Waals surface area contributed by atoms with E-state index in [9.17, 15) is 24.3 Å². The van der Waals surface area contributed by atoms with Gasteiger partial charge in [0.1, 0.15) is 18.1 Å². The highest BCUT2D eigenvalue weighted by Crippen LogP contribution is 2.20. The highest BCUT2D eigenvalue weighted by atomic mass is 16.4. The van der Waals surface area contributed by atoms with Crippen LogP contribution < -0.4 is 21.7 Å². The monoisotopic (exact) mass is 608 g/mol. The van der Waals surface area contributed by atoms with Gasteiger partial charge in [0.2, 0.25) is 17.7 Å². The molecule has 0 saturated carbocycles. The summed E-state index contributed by atoms with van der Waals surface area (Å²) >= 11 is 0. The first kappa shape index (κ1) is 31.0. The Morgan fingerprint density at radius 1 is 0.667 bits per heavy atom. The SMILES string of the molecule is CC(NC(=O)C(Cc1c[nH]c2ccccc12)NC(=O)C(Cc1ccccc1)NC(=O)C(N)Cc1c[nH]c2ccccc12)C(=O)O. The summed E-state index contributed by atoms with van der Waals surface area (Å²) in [5.74, 6) is -2.99. The third kappa shape index (κ3) is 7.57. The Labute approximate surface area is 259 Å². The summed E-state index contributed by atoms with van der Waals surface area (Å²) in [4.78, 5) is 58.4. The molecule has 2 heterocycles. The molecule has 4 unspecified atom stereocenters. The van der Waals surface area contributed by atoms with Gasteiger partial charge in [-0.15, -0.1) is 0 Å². The van der Waals surface area contributed by atoms with Gasteiger partial charge in [-0.3, -0.25) is 19.2 Å². The van der Waals surface area contributed by atoms with Crippen LogP contribution in [0, 0.1) is 0 Å². The Morgan fingerprint density at radius 2 is 1.16 bits per heavy atom. The number of carboxylic acids is 1. The largest absolute Gasteiger partial charge is 0.480 e.